The molecule has 0 radical (unpaired) electrons. The van der Waals surface area contributed by atoms with E-state index in [-0.39, 0.29) is 18.8 Å². The van der Waals surface area contributed by atoms with Crippen molar-refractivity contribution in [2.24, 2.45) is 0 Å². The summed E-state index contributed by atoms with van der Waals surface area (Å²) in [6.07, 6.45) is -0.849. The number of halogens is 1. The number of nitrogens with one attached hydrogen (secondary N) is 1. The van der Waals surface area contributed by atoms with Crippen LogP contribution in [-0.2, 0) is 22.6 Å². The van der Waals surface area contributed by atoms with Crippen LogP contribution in [0.4, 0.5) is 9.18 Å². The second kappa shape index (κ2) is 9.56. The molecule has 0 fully saturated rings. The lowest BCUT2D eigenvalue weighted by Crippen LogP contribution is -2.42. The number of phenols is 1. The number of carbonyl (C=O) groups excluding carboxylic acids is 1. The van der Waals surface area contributed by atoms with Gasteiger partial charge in [0, 0.05) is 6.42 Å². The fraction of sp³-hybridized carbons (Fsp3) is 0.130. The molecule has 1 atom stereocenters. The summed E-state index contributed by atoms with van der Waals surface area (Å²) in [5.41, 5.74) is 3.18. The van der Waals surface area contributed by atoms with Gasteiger partial charge in [0.25, 0.3) is 0 Å². The van der Waals surface area contributed by atoms with E-state index in [0.29, 0.717) is 5.56 Å². The summed E-state index contributed by atoms with van der Waals surface area (Å²) in [4.78, 5) is 23.4. The van der Waals surface area contributed by atoms with Gasteiger partial charge in [-0.15, -0.1) is 0 Å². The van der Waals surface area contributed by atoms with Gasteiger partial charge >= 0.3 is 12.1 Å². The van der Waals surface area contributed by atoms with Crippen LogP contribution in [0.2, 0.25) is 0 Å². The van der Waals surface area contributed by atoms with Gasteiger partial charge in [-0.3, -0.25) is 0 Å². The van der Waals surface area contributed by atoms with Gasteiger partial charge in [0.1, 0.15) is 24.2 Å². The van der Waals surface area contributed by atoms with Gasteiger partial charge in [-0.2, -0.15) is 0 Å². The Hall–Kier alpha value is -3.87. The average molecular weight is 409 g/mol. The minimum absolute atomic E-state index is 0.00599. The highest BCUT2D eigenvalue weighted by Crippen LogP contribution is 2.22. The minimum Gasteiger partial charge on any atom is -0.508 e. The first-order valence-electron chi connectivity index (χ1n) is 9.19. The molecule has 30 heavy (non-hydrogen) atoms. The van der Waals surface area contributed by atoms with Gasteiger partial charge in [-0.1, -0.05) is 48.5 Å². The zero-order valence-electron chi connectivity index (χ0n) is 15.9. The summed E-state index contributed by atoms with van der Waals surface area (Å²) >= 11 is 0. The lowest BCUT2D eigenvalue weighted by Gasteiger charge is -2.15. The van der Waals surface area contributed by atoms with E-state index in [4.69, 9.17) is 4.74 Å². The summed E-state index contributed by atoms with van der Waals surface area (Å²) in [6, 6.07) is 18.3. The van der Waals surface area contributed by atoms with Crippen molar-refractivity contribution in [2.75, 3.05) is 0 Å². The number of benzene rings is 3. The summed E-state index contributed by atoms with van der Waals surface area (Å²) < 4.78 is 18.1. The molecule has 0 spiro atoms. The van der Waals surface area contributed by atoms with Crippen molar-refractivity contribution in [2.45, 2.75) is 19.1 Å². The normalized spacial score (nSPS) is 11.5. The Morgan fingerprint density at radius 2 is 1.40 bits per heavy atom. The number of rotatable bonds is 7. The molecule has 0 aliphatic rings. The molecule has 0 aromatic heterocycles. The molecule has 7 heteroatoms. The SMILES string of the molecule is O=C(NC(Cc1ccc(F)cc1)C(=O)O)OCc1ccc(-c2ccc(O)cc2)cc1. The van der Waals surface area contributed by atoms with Gasteiger partial charge in [0.05, 0.1) is 0 Å². The number of hydrogen-bond donors (Lipinski definition) is 3. The Labute approximate surface area is 172 Å². The van der Waals surface area contributed by atoms with Gasteiger partial charge in [-0.05, 0) is 46.5 Å². The molecule has 0 aliphatic heterocycles. The van der Waals surface area contributed by atoms with Crippen LogP contribution < -0.4 is 5.32 Å². The fourth-order valence-electron chi connectivity index (χ4n) is 2.84. The molecular formula is C23H20FNO5. The van der Waals surface area contributed by atoms with Crippen LogP contribution in [0.25, 0.3) is 11.1 Å². The van der Waals surface area contributed by atoms with E-state index in [0.717, 1.165) is 16.7 Å². The smallest absolute Gasteiger partial charge is 0.408 e. The number of phenolic OH excluding ortho intramolecular Hbond substituents is 1. The van der Waals surface area contributed by atoms with Gasteiger partial charge in [-0.25, -0.2) is 14.0 Å². The van der Waals surface area contributed by atoms with Crippen molar-refractivity contribution in [3.05, 3.63) is 89.7 Å². The van der Waals surface area contributed by atoms with E-state index in [9.17, 15) is 24.2 Å². The van der Waals surface area contributed by atoms with E-state index in [1.165, 1.54) is 24.3 Å². The number of ether oxygens (including phenoxy) is 1. The third kappa shape index (κ3) is 5.81. The molecule has 0 aliphatic carbocycles. The number of carboxylic acids is 1. The number of carbonyl (C=O) groups is 2. The van der Waals surface area contributed by atoms with Crippen molar-refractivity contribution in [3.8, 4) is 16.9 Å². The van der Waals surface area contributed by atoms with Crippen LogP contribution in [0.3, 0.4) is 0 Å². The highest BCUT2D eigenvalue weighted by Gasteiger charge is 2.21. The molecule has 3 N–H and O–H groups in total. The minimum atomic E-state index is -1.21. The predicted molar refractivity (Wildman–Crippen MR) is 108 cm³/mol. The topological polar surface area (TPSA) is 95.9 Å². The third-order valence-corrected chi connectivity index (χ3v) is 4.47. The molecule has 0 heterocycles. The van der Waals surface area contributed by atoms with Crippen LogP contribution in [0.1, 0.15) is 11.1 Å². The maximum atomic E-state index is 13.0. The van der Waals surface area contributed by atoms with E-state index in [1.54, 1.807) is 36.4 Å². The Morgan fingerprint density at radius 1 is 0.867 bits per heavy atom. The monoisotopic (exact) mass is 409 g/mol. The summed E-state index contributed by atoms with van der Waals surface area (Å²) in [5.74, 6) is -1.45. The molecule has 3 aromatic carbocycles. The van der Waals surface area contributed by atoms with Gasteiger partial charge < -0.3 is 20.3 Å². The Balaban J connectivity index is 1.54. The summed E-state index contributed by atoms with van der Waals surface area (Å²) in [6.45, 7) is -0.0232. The van der Waals surface area contributed by atoms with Gasteiger partial charge in [0.15, 0.2) is 0 Å². The molecular weight excluding hydrogens is 389 g/mol. The molecule has 1 unspecified atom stereocenters. The van der Waals surface area contributed by atoms with Crippen molar-refractivity contribution >= 4 is 12.1 Å². The lowest BCUT2D eigenvalue weighted by atomic mass is 10.0. The highest BCUT2D eigenvalue weighted by atomic mass is 19.1. The standard InChI is InChI=1S/C23H20FNO5/c24-19-9-3-15(4-10-19)13-21(22(27)28)25-23(29)30-14-16-1-5-17(6-2-16)18-7-11-20(26)12-8-18/h1-12,21,26H,13-14H2,(H,25,29)(H,27,28). The van der Waals surface area contributed by atoms with Crippen molar-refractivity contribution in [3.63, 3.8) is 0 Å². The van der Waals surface area contributed by atoms with Crippen LogP contribution in [0, 0.1) is 5.82 Å². The maximum absolute atomic E-state index is 13.0. The Morgan fingerprint density at radius 3 is 1.97 bits per heavy atom. The molecule has 0 saturated heterocycles. The molecule has 0 bridgehead atoms. The van der Waals surface area contributed by atoms with Crippen LogP contribution in [0.15, 0.2) is 72.8 Å². The Kier molecular flexibility index (Phi) is 6.64. The number of amides is 1. The molecule has 1 amide bonds. The highest BCUT2D eigenvalue weighted by molar-refractivity contribution is 5.80. The first kappa shape index (κ1) is 20.9. The first-order chi connectivity index (χ1) is 14.4. The number of alkyl carbamates (subject to hydrolysis) is 1. The van der Waals surface area contributed by atoms with Crippen LogP contribution >= 0.6 is 0 Å². The molecule has 6 nitrogen and oxygen atoms in total. The molecule has 154 valence electrons. The largest absolute Gasteiger partial charge is 0.508 e. The number of aromatic hydroxyl groups is 1. The molecule has 0 saturated carbocycles. The van der Waals surface area contributed by atoms with E-state index in [2.05, 4.69) is 5.32 Å². The molecule has 3 rings (SSSR count). The van der Waals surface area contributed by atoms with E-state index < -0.39 is 23.9 Å². The summed E-state index contributed by atoms with van der Waals surface area (Å²) in [7, 11) is 0. The maximum Gasteiger partial charge on any atom is 0.408 e. The number of aliphatic carboxylic acids is 1. The quantitative estimate of drug-likeness (QED) is 0.546. The van der Waals surface area contributed by atoms with Crippen LogP contribution in [-0.4, -0.2) is 28.3 Å². The van der Waals surface area contributed by atoms with Crippen LogP contribution in [0.5, 0.6) is 5.75 Å². The second-order valence-corrected chi connectivity index (χ2v) is 6.69. The second-order valence-electron chi connectivity index (χ2n) is 6.69. The van der Waals surface area contributed by atoms with Crippen molar-refractivity contribution < 1.29 is 28.9 Å². The number of carboxylic acid groups (broad SMARTS) is 1. The lowest BCUT2D eigenvalue weighted by molar-refractivity contribution is -0.139. The Bertz CT molecular complexity index is 1000. The molecule has 3 aromatic rings. The number of hydrogen-bond acceptors (Lipinski definition) is 4. The van der Waals surface area contributed by atoms with E-state index >= 15 is 0 Å². The predicted octanol–water partition coefficient (Wildman–Crippen LogP) is 4.12. The zero-order chi connectivity index (χ0) is 21.5. The summed E-state index contributed by atoms with van der Waals surface area (Å²) in [5, 5.41) is 21.0. The van der Waals surface area contributed by atoms with Crippen molar-refractivity contribution in [1.29, 1.82) is 0 Å². The fourth-order valence-corrected chi connectivity index (χ4v) is 2.84. The average Bonchev–Trinajstić information content (AvgIpc) is 2.74. The van der Waals surface area contributed by atoms with E-state index in [1.807, 2.05) is 12.1 Å². The van der Waals surface area contributed by atoms with Gasteiger partial charge in [0.2, 0.25) is 0 Å². The van der Waals surface area contributed by atoms with Crippen molar-refractivity contribution in [1.82, 2.24) is 5.32 Å². The first-order valence-corrected chi connectivity index (χ1v) is 9.19. The zero-order valence-corrected chi connectivity index (χ0v) is 15.9. The third-order valence-electron chi connectivity index (χ3n) is 4.47.